The van der Waals surface area contributed by atoms with E-state index in [0.717, 1.165) is 11.4 Å². The van der Waals surface area contributed by atoms with Gasteiger partial charge in [-0.2, -0.15) is 5.10 Å². The molecule has 2 rings (SSSR count). The largest absolute Gasteiger partial charge is 0.281 e. The Morgan fingerprint density at radius 1 is 1.18 bits per heavy atom. The number of rotatable bonds is 3. The van der Waals surface area contributed by atoms with Gasteiger partial charge in [-0.15, -0.1) is 11.8 Å². The summed E-state index contributed by atoms with van der Waals surface area (Å²) in [7, 11) is 0. The number of hydrogen-bond acceptors (Lipinski definition) is 2. The molecular formula is C14H18N2S. The standard InChI is InChI=1S/C14H18N2S/c1-14(2,3)13-9-11(15-16-13)10-17-12-7-5-4-6-8-12/h4-9H,10H2,1-3H3,(H,15,16). The average molecular weight is 246 g/mol. The molecule has 1 N–H and O–H groups in total. The minimum Gasteiger partial charge on any atom is -0.281 e. The molecule has 1 aromatic heterocycles. The van der Waals surface area contributed by atoms with Gasteiger partial charge in [-0.05, 0) is 18.2 Å². The van der Waals surface area contributed by atoms with Crippen molar-refractivity contribution in [2.75, 3.05) is 0 Å². The van der Waals surface area contributed by atoms with Crippen molar-refractivity contribution in [3.63, 3.8) is 0 Å². The number of hydrogen-bond donors (Lipinski definition) is 1. The van der Waals surface area contributed by atoms with Crippen LogP contribution in [0.1, 0.15) is 32.2 Å². The molecule has 0 fully saturated rings. The third-order valence-electron chi connectivity index (χ3n) is 2.54. The first kappa shape index (κ1) is 12.2. The Hall–Kier alpha value is -1.22. The zero-order valence-corrected chi connectivity index (χ0v) is 11.3. The molecule has 0 unspecified atom stereocenters. The fourth-order valence-corrected chi connectivity index (χ4v) is 2.32. The van der Waals surface area contributed by atoms with E-state index in [2.05, 4.69) is 61.3 Å². The molecule has 2 aromatic rings. The lowest BCUT2D eigenvalue weighted by Crippen LogP contribution is -2.11. The summed E-state index contributed by atoms with van der Waals surface area (Å²) in [6.45, 7) is 6.53. The fourth-order valence-electron chi connectivity index (χ4n) is 1.50. The van der Waals surface area contributed by atoms with E-state index < -0.39 is 0 Å². The second-order valence-electron chi connectivity index (χ2n) is 5.13. The topological polar surface area (TPSA) is 28.7 Å². The first-order valence-electron chi connectivity index (χ1n) is 5.78. The molecule has 0 spiro atoms. The van der Waals surface area contributed by atoms with Crippen LogP contribution in [-0.4, -0.2) is 10.2 Å². The van der Waals surface area contributed by atoms with Crippen molar-refractivity contribution in [2.24, 2.45) is 0 Å². The van der Waals surface area contributed by atoms with Crippen LogP contribution < -0.4 is 0 Å². The van der Waals surface area contributed by atoms with Crippen LogP contribution in [0.3, 0.4) is 0 Å². The highest BCUT2D eigenvalue weighted by Crippen LogP contribution is 2.24. The Kier molecular flexibility index (Phi) is 3.57. The van der Waals surface area contributed by atoms with Gasteiger partial charge in [0.2, 0.25) is 0 Å². The summed E-state index contributed by atoms with van der Waals surface area (Å²) in [5.41, 5.74) is 2.43. The number of thioether (sulfide) groups is 1. The smallest absolute Gasteiger partial charge is 0.0678 e. The Morgan fingerprint density at radius 2 is 1.88 bits per heavy atom. The maximum atomic E-state index is 4.36. The van der Waals surface area contributed by atoms with E-state index in [1.54, 1.807) is 0 Å². The van der Waals surface area contributed by atoms with Gasteiger partial charge in [0.25, 0.3) is 0 Å². The molecule has 1 aromatic carbocycles. The summed E-state index contributed by atoms with van der Waals surface area (Å²) in [5.74, 6) is 0.938. The number of aromatic nitrogens is 2. The van der Waals surface area contributed by atoms with E-state index in [1.807, 2.05) is 17.8 Å². The predicted molar refractivity (Wildman–Crippen MR) is 73.3 cm³/mol. The quantitative estimate of drug-likeness (QED) is 0.829. The van der Waals surface area contributed by atoms with E-state index in [-0.39, 0.29) is 5.41 Å². The van der Waals surface area contributed by atoms with Crippen LogP contribution in [-0.2, 0) is 11.2 Å². The average Bonchev–Trinajstić information content (AvgIpc) is 2.76. The third-order valence-corrected chi connectivity index (χ3v) is 3.60. The second-order valence-corrected chi connectivity index (χ2v) is 6.18. The third kappa shape index (κ3) is 3.37. The van der Waals surface area contributed by atoms with Crippen LogP contribution in [0.4, 0.5) is 0 Å². The van der Waals surface area contributed by atoms with Gasteiger partial charge in [0.1, 0.15) is 0 Å². The first-order chi connectivity index (χ1) is 8.05. The summed E-state index contributed by atoms with van der Waals surface area (Å²) in [6.07, 6.45) is 0. The molecule has 1 heterocycles. The molecule has 2 nitrogen and oxygen atoms in total. The zero-order chi connectivity index (χ0) is 12.3. The highest BCUT2D eigenvalue weighted by Gasteiger charge is 2.17. The van der Waals surface area contributed by atoms with Gasteiger partial charge in [0.05, 0.1) is 5.69 Å². The lowest BCUT2D eigenvalue weighted by atomic mass is 9.92. The van der Waals surface area contributed by atoms with Gasteiger partial charge in [-0.25, -0.2) is 0 Å². The van der Waals surface area contributed by atoms with Crippen LogP contribution in [0.5, 0.6) is 0 Å². The van der Waals surface area contributed by atoms with Crippen molar-refractivity contribution in [2.45, 2.75) is 36.8 Å². The fraction of sp³-hybridized carbons (Fsp3) is 0.357. The summed E-state index contributed by atoms with van der Waals surface area (Å²) in [5, 5.41) is 7.47. The molecule has 0 saturated heterocycles. The Labute approximate surface area is 107 Å². The molecule has 0 atom stereocenters. The molecule has 0 amide bonds. The van der Waals surface area contributed by atoms with Crippen LogP contribution in [0, 0.1) is 0 Å². The number of H-pyrrole nitrogens is 1. The van der Waals surface area contributed by atoms with Crippen molar-refractivity contribution in [1.82, 2.24) is 10.2 Å². The molecule has 0 aliphatic carbocycles. The molecule has 0 bridgehead atoms. The first-order valence-corrected chi connectivity index (χ1v) is 6.77. The Balaban J connectivity index is 1.99. The molecule has 3 heteroatoms. The molecule has 0 aliphatic rings. The lowest BCUT2D eigenvalue weighted by molar-refractivity contribution is 0.567. The number of benzene rings is 1. The number of aromatic amines is 1. The summed E-state index contributed by atoms with van der Waals surface area (Å²) in [4.78, 5) is 1.29. The van der Waals surface area contributed by atoms with Crippen LogP contribution in [0.2, 0.25) is 0 Å². The van der Waals surface area contributed by atoms with Gasteiger partial charge in [0.15, 0.2) is 0 Å². The van der Waals surface area contributed by atoms with Gasteiger partial charge >= 0.3 is 0 Å². The highest BCUT2D eigenvalue weighted by atomic mass is 32.2. The zero-order valence-electron chi connectivity index (χ0n) is 10.5. The monoisotopic (exact) mass is 246 g/mol. The molecule has 90 valence electrons. The van der Waals surface area contributed by atoms with Gasteiger partial charge in [-0.3, -0.25) is 5.10 Å². The predicted octanol–water partition coefficient (Wildman–Crippen LogP) is 4.00. The summed E-state index contributed by atoms with van der Waals surface area (Å²) >= 11 is 1.83. The summed E-state index contributed by atoms with van der Waals surface area (Å²) < 4.78 is 0. The van der Waals surface area contributed by atoms with Crippen LogP contribution in [0.25, 0.3) is 0 Å². The van der Waals surface area contributed by atoms with E-state index in [0.29, 0.717) is 0 Å². The van der Waals surface area contributed by atoms with Gasteiger partial charge in [0, 0.05) is 21.8 Å². The Bertz CT molecular complexity index is 468. The SMILES string of the molecule is CC(C)(C)c1cc(CSc2ccccc2)[nH]n1. The van der Waals surface area contributed by atoms with E-state index >= 15 is 0 Å². The van der Waals surface area contributed by atoms with Crippen molar-refractivity contribution in [3.05, 3.63) is 47.8 Å². The normalized spacial score (nSPS) is 11.7. The minimum atomic E-state index is 0.117. The van der Waals surface area contributed by atoms with Crippen molar-refractivity contribution >= 4 is 11.8 Å². The number of nitrogens with one attached hydrogen (secondary N) is 1. The van der Waals surface area contributed by atoms with E-state index in [4.69, 9.17) is 0 Å². The van der Waals surface area contributed by atoms with E-state index in [9.17, 15) is 0 Å². The van der Waals surface area contributed by atoms with Gasteiger partial charge < -0.3 is 0 Å². The van der Waals surface area contributed by atoms with Crippen LogP contribution in [0.15, 0.2) is 41.3 Å². The van der Waals surface area contributed by atoms with Gasteiger partial charge in [-0.1, -0.05) is 39.0 Å². The maximum absolute atomic E-state index is 4.36. The van der Waals surface area contributed by atoms with Crippen LogP contribution >= 0.6 is 11.8 Å². The number of nitrogens with zero attached hydrogens (tertiary/aromatic N) is 1. The van der Waals surface area contributed by atoms with Crippen molar-refractivity contribution < 1.29 is 0 Å². The second kappa shape index (κ2) is 4.96. The van der Waals surface area contributed by atoms with Crippen molar-refractivity contribution in [1.29, 1.82) is 0 Å². The lowest BCUT2D eigenvalue weighted by Gasteiger charge is -2.13. The van der Waals surface area contributed by atoms with E-state index in [1.165, 1.54) is 10.6 Å². The summed E-state index contributed by atoms with van der Waals surface area (Å²) in [6, 6.07) is 12.6. The molecule has 0 saturated carbocycles. The highest BCUT2D eigenvalue weighted by molar-refractivity contribution is 7.98. The maximum Gasteiger partial charge on any atom is 0.0678 e. The van der Waals surface area contributed by atoms with Crippen molar-refractivity contribution in [3.8, 4) is 0 Å². The molecule has 0 aliphatic heterocycles. The molecular weight excluding hydrogens is 228 g/mol. The Morgan fingerprint density at radius 3 is 2.47 bits per heavy atom. The minimum absolute atomic E-state index is 0.117. The molecule has 0 radical (unpaired) electrons. The molecule has 17 heavy (non-hydrogen) atoms.